The second-order valence-corrected chi connectivity index (χ2v) is 9.74. The summed E-state index contributed by atoms with van der Waals surface area (Å²) in [6, 6.07) is 10.7. The molecule has 1 aliphatic heterocycles. The number of hydrogen-bond donors (Lipinski definition) is 4. The summed E-state index contributed by atoms with van der Waals surface area (Å²) in [6.45, 7) is 0.0663. The number of methoxy groups -OCH3 is 1. The van der Waals surface area contributed by atoms with Crippen molar-refractivity contribution in [1.82, 2.24) is 20.3 Å². The molecular weight excluding hydrogens is 516 g/mol. The molecule has 3 heterocycles. The van der Waals surface area contributed by atoms with E-state index >= 15 is 0 Å². The van der Waals surface area contributed by atoms with Crippen molar-refractivity contribution in [2.75, 3.05) is 23.8 Å². The van der Waals surface area contributed by atoms with Crippen molar-refractivity contribution < 1.29 is 32.3 Å². The number of carbonyl (C=O) groups is 3. The van der Waals surface area contributed by atoms with Gasteiger partial charge < -0.3 is 25.1 Å². The minimum Gasteiger partial charge on any atom is -0.482 e. The number of aromatic nitrogens is 3. The van der Waals surface area contributed by atoms with E-state index < -0.39 is 21.9 Å². The number of benzene rings is 2. The summed E-state index contributed by atoms with van der Waals surface area (Å²) in [5, 5.41) is 5.45. The molecule has 2 aromatic carbocycles. The van der Waals surface area contributed by atoms with Gasteiger partial charge in [0.25, 0.3) is 21.8 Å². The highest BCUT2D eigenvalue weighted by molar-refractivity contribution is 7.92. The zero-order valence-electron chi connectivity index (χ0n) is 19.8. The van der Waals surface area contributed by atoms with Gasteiger partial charge in [-0.1, -0.05) is 18.2 Å². The first-order valence-electron chi connectivity index (χ1n) is 11.1. The van der Waals surface area contributed by atoms with E-state index in [9.17, 15) is 22.8 Å². The number of rotatable bonds is 7. The minimum atomic E-state index is -4.22. The first kappa shape index (κ1) is 24.7. The second kappa shape index (κ2) is 9.82. The van der Waals surface area contributed by atoms with Crippen LogP contribution < -0.4 is 20.1 Å². The average molecular weight is 537 g/mol. The molecule has 0 radical (unpaired) electrons. The highest BCUT2D eigenvalue weighted by atomic mass is 32.2. The molecule has 0 spiro atoms. The van der Waals surface area contributed by atoms with Crippen molar-refractivity contribution in [2.24, 2.45) is 0 Å². The Morgan fingerprint density at radius 1 is 1.16 bits per heavy atom. The first-order chi connectivity index (χ1) is 18.3. The van der Waals surface area contributed by atoms with Crippen LogP contribution in [0.3, 0.4) is 0 Å². The van der Waals surface area contributed by atoms with Crippen LogP contribution in [0.4, 0.5) is 11.4 Å². The van der Waals surface area contributed by atoms with Gasteiger partial charge in [-0.15, -0.1) is 0 Å². The summed E-state index contributed by atoms with van der Waals surface area (Å²) in [4.78, 5) is 47.3. The van der Waals surface area contributed by atoms with Gasteiger partial charge in [-0.05, 0) is 29.8 Å². The predicted octanol–water partition coefficient (Wildman–Crippen LogP) is 1.81. The Balaban J connectivity index is 1.36. The summed E-state index contributed by atoms with van der Waals surface area (Å²) in [7, 11) is -3.07. The van der Waals surface area contributed by atoms with Gasteiger partial charge in [0.1, 0.15) is 22.5 Å². The Labute approximate surface area is 215 Å². The number of sulfonamides is 1. The molecule has 0 unspecified atom stereocenters. The SMILES string of the molecule is COC(=O)c1ccccc1S(=O)(=O)Nc1c[nH]c2c(C(=O)NCc3ccc4c(c3)NC(=O)CO4)ncnc12. The third-order valence-corrected chi connectivity index (χ3v) is 7.06. The predicted molar refractivity (Wildman–Crippen MR) is 134 cm³/mol. The number of fused-ring (bicyclic) bond motifs is 2. The van der Waals surface area contributed by atoms with Gasteiger partial charge in [0.15, 0.2) is 12.3 Å². The molecule has 1 aliphatic rings. The molecule has 2 aromatic heterocycles. The molecule has 38 heavy (non-hydrogen) atoms. The topological polar surface area (TPSA) is 181 Å². The van der Waals surface area contributed by atoms with Crippen LogP contribution in [-0.2, 0) is 26.1 Å². The van der Waals surface area contributed by atoms with Crippen molar-refractivity contribution >= 4 is 50.2 Å². The fraction of sp³-hybridized carbons (Fsp3) is 0.125. The molecule has 5 rings (SSSR count). The molecule has 2 amide bonds. The molecule has 0 saturated heterocycles. The number of H-pyrrole nitrogens is 1. The lowest BCUT2D eigenvalue weighted by Gasteiger charge is -2.18. The van der Waals surface area contributed by atoms with Crippen LogP contribution in [0.5, 0.6) is 5.75 Å². The van der Waals surface area contributed by atoms with Crippen molar-refractivity contribution in [3.63, 3.8) is 0 Å². The Bertz CT molecular complexity index is 1700. The van der Waals surface area contributed by atoms with Crippen molar-refractivity contribution in [3.8, 4) is 5.75 Å². The van der Waals surface area contributed by atoms with E-state index in [0.717, 1.165) is 13.4 Å². The van der Waals surface area contributed by atoms with Crippen LogP contribution in [-0.4, -0.2) is 54.9 Å². The quantitative estimate of drug-likeness (QED) is 0.256. The van der Waals surface area contributed by atoms with Gasteiger partial charge in [-0.2, -0.15) is 0 Å². The van der Waals surface area contributed by atoms with Gasteiger partial charge in [-0.3, -0.25) is 14.3 Å². The molecule has 0 fully saturated rings. The number of aromatic amines is 1. The van der Waals surface area contributed by atoms with Crippen molar-refractivity contribution in [3.05, 3.63) is 71.8 Å². The summed E-state index contributed by atoms with van der Waals surface area (Å²) >= 11 is 0. The normalized spacial score (nSPS) is 12.7. The highest BCUT2D eigenvalue weighted by Crippen LogP contribution is 2.29. The van der Waals surface area contributed by atoms with Crippen molar-refractivity contribution in [2.45, 2.75) is 11.4 Å². The van der Waals surface area contributed by atoms with Gasteiger partial charge in [0, 0.05) is 12.7 Å². The molecule has 0 saturated carbocycles. The van der Waals surface area contributed by atoms with Crippen LogP contribution in [0, 0.1) is 0 Å². The van der Waals surface area contributed by atoms with Crippen LogP contribution in [0.2, 0.25) is 0 Å². The third-order valence-electron chi connectivity index (χ3n) is 5.63. The molecular formula is C24H20N6O7S. The molecule has 0 bridgehead atoms. The Hall–Kier alpha value is -4.98. The van der Waals surface area contributed by atoms with Gasteiger partial charge in [-0.25, -0.2) is 23.2 Å². The fourth-order valence-electron chi connectivity index (χ4n) is 3.87. The number of anilines is 2. The molecule has 0 aliphatic carbocycles. The molecule has 0 atom stereocenters. The number of hydrogen-bond acceptors (Lipinski definition) is 9. The van der Waals surface area contributed by atoms with E-state index in [-0.39, 0.29) is 51.9 Å². The highest BCUT2D eigenvalue weighted by Gasteiger charge is 2.25. The maximum atomic E-state index is 13.1. The fourth-order valence-corrected chi connectivity index (χ4v) is 5.13. The van der Waals surface area contributed by atoms with E-state index in [2.05, 4.69) is 35.0 Å². The lowest BCUT2D eigenvalue weighted by Crippen LogP contribution is -2.26. The van der Waals surface area contributed by atoms with Crippen LogP contribution in [0.1, 0.15) is 26.4 Å². The number of amides is 2. The van der Waals surface area contributed by atoms with Crippen LogP contribution >= 0.6 is 0 Å². The molecule has 13 nitrogen and oxygen atoms in total. The second-order valence-electron chi connectivity index (χ2n) is 8.09. The summed E-state index contributed by atoms with van der Waals surface area (Å²) in [6.07, 6.45) is 2.47. The van der Waals surface area contributed by atoms with E-state index in [4.69, 9.17) is 4.74 Å². The van der Waals surface area contributed by atoms with E-state index in [1.165, 1.54) is 30.5 Å². The lowest BCUT2D eigenvalue weighted by molar-refractivity contribution is -0.118. The van der Waals surface area contributed by atoms with E-state index in [1.54, 1.807) is 18.2 Å². The van der Waals surface area contributed by atoms with Crippen molar-refractivity contribution in [1.29, 1.82) is 0 Å². The standard InChI is InChI=1S/C24H20N6O7S/c1-36-24(33)14-4-2-3-5-18(14)38(34,35)30-16-10-25-21-20(16)27-12-28-22(21)23(32)26-9-13-6-7-17-15(8-13)29-19(31)11-37-17/h2-8,10,12,25,30H,9,11H2,1H3,(H,26,32)(H,29,31). The van der Waals surface area contributed by atoms with E-state index in [1.807, 2.05) is 0 Å². The molecule has 14 heteroatoms. The minimum absolute atomic E-state index is 0.00925. The Kier molecular flexibility index (Phi) is 6.38. The number of carbonyl (C=O) groups excluding carboxylic acids is 3. The van der Waals surface area contributed by atoms with Crippen LogP contribution in [0.25, 0.3) is 11.0 Å². The Morgan fingerprint density at radius 2 is 1.97 bits per heavy atom. The average Bonchev–Trinajstić information content (AvgIpc) is 3.33. The summed E-state index contributed by atoms with van der Waals surface area (Å²) < 4.78 is 38.6. The molecule has 194 valence electrons. The largest absolute Gasteiger partial charge is 0.482 e. The summed E-state index contributed by atoms with van der Waals surface area (Å²) in [5.74, 6) is -1.08. The zero-order chi connectivity index (χ0) is 26.9. The number of nitrogens with zero attached hydrogens (tertiary/aromatic N) is 2. The lowest BCUT2D eigenvalue weighted by atomic mass is 10.1. The van der Waals surface area contributed by atoms with E-state index in [0.29, 0.717) is 17.0 Å². The molecule has 4 aromatic rings. The third kappa shape index (κ3) is 4.71. The van der Waals surface area contributed by atoms with Gasteiger partial charge >= 0.3 is 5.97 Å². The molecule has 4 N–H and O–H groups in total. The number of esters is 1. The zero-order valence-corrected chi connectivity index (χ0v) is 20.6. The van der Waals surface area contributed by atoms with Gasteiger partial charge in [0.2, 0.25) is 0 Å². The maximum Gasteiger partial charge on any atom is 0.339 e. The summed E-state index contributed by atoms with van der Waals surface area (Å²) in [5.41, 5.74) is 1.48. The number of nitrogens with one attached hydrogen (secondary N) is 4. The first-order valence-corrected chi connectivity index (χ1v) is 12.6. The smallest absolute Gasteiger partial charge is 0.339 e. The van der Waals surface area contributed by atoms with Gasteiger partial charge in [0.05, 0.1) is 29.6 Å². The monoisotopic (exact) mass is 536 g/mol. The maximum absolute atomic E-state index is 13.1. The Morgan fingerprint density at radius 3 is 2.79 bits per heavy atom. The number of ether oxygens (including phenoxy) is 2. The van der Waals surface area contributed by atoms with Crippen LogP contribution in [0.15, 0.2) is 59.9 Å².